The summed E-state index contributed by atoms with van der Waals surface area (Å²) >= 11 is 0. The zero-order chi connectivity index (χ0) is 12.6. The Balaban J connectivity index is 1.75. The van der Waals surface area contributed by atoms with Crippen LogP contribution in [-0.4, -0.2) is 29.6 Å². The Hall–Kier alpha value is -0.0800. The molecule has 0 amide bonds. The minimum atomic E-state index is 0.378. The van der Waals surface area contributed by atoms with Crippen LogP contribution in [0.3, 0.4) is 0 Å². The molecule has 3 unspecified atom stereocenters. The fourth-order valence-electron chi connectivity index (χ4n) is 4.80. The van der Waals surface area contributed by atoms with Gasteiger partial charge in [0.2, 0.25) is 0 Å². The van der Waals surface area contributed by atoms with Crippen LogP contribution in [-0.2, 0) is 0 Å². The fourth-order valence-corrected chi connectivity index (χ4v) is 4.80. The predicted octanol–water partition coefficient (Wildman–Crippen LogP) is 3.16. The summed E-state index contributed by atoms with van der Waals surface area (Å²) in [6.45, 7) is 4.56. The molecule has 2 aliphatic carbocycles. The van der Waals surface area contributed by atoms with Crippen molar-refractivity contribution in [3.63, 3.8) is 0 Å². The molecule has 0 bridgehead atoms. The Kier molecular flexibility index (Phi) is 3.68. The van der Waals surface area contributed by atoms with Crippen LogP contribution in [0, 0.1) is 11.8 Å². The van der Waals surface area contributed by atoms with Crippen molar-refractivity contribution in [3.8, 4) is 0 Å². The first-order chi connectivity index (χ1) is 8.79. The van der Waals surface area contributed by atoms with Crippen molar-refractivity contribution < 1.29 is 0 Å². The van der Waals surface area contributed by atoms with Crippen LogP contribution in [0.1, 0.15) is 64.7 Å². The first-order valence-corrected chi connectivity index (χ1v) is 8.26. The van der Waals surface area contributed by atoms with Gasteiger partial charge < -0.3 is 5.73 Å². The van der Waals surface area contributed by atoms with E-state index in [0.29, 0.717) is 5.54 Å². The van der Waals surface area contributed by atoms with Crippen molar-refractivity contribution in [2.24, 2.45) is 17.6 Å². The quantitative estimate of drug-likeness (QED) is 0.830. The number of hydrogen-bond acceptors (Lipinski definition) is 2. The van der Waals surface area contributed by atoms with E-state index in [1.165, 1.54) is 64.3 Å². The smallest absolute Gasteiger partial charge is 0.0337 e. The molecule has 2 nitrogen and oxygen atoms in total. The Morgan fingerprint density at radius 3 is 2.61 bits per heavy atom. The molecule has 0 radical (unpaired) electrons. The van der Waals surface area contributed by atoms with Crippen LogP contribution >= 0.6 is 0 Å². The molecule has 0 aromatic rings. The van der Waals surface area contributed by atoms with Crippen molar-refractivity contribution in [2.75, 3.05) is 13.1 Å². The summed E-state index contributed by atoms with van der Waals surface area (Å²) in [4.78, 5) is 2.83. The number of nitrogens with two attached hydrogens (primary N) is 1. The van der Waals surface area contributed by atoms with Crippen molar-refractivity contribution in [2.45, 2.75) is 76.3 Å². The van der Waals surface area contributed by atoms with E-state index < -0.39 is 0 Å². The lowest BCUT2D eigenvalue weighted by Crippen LogP contribution is -2.58. The first kappa shape index (κ1) is 12.9. The van der Waals surface area contributed by atoms with Crippen LogP contribution in [0.5, 0.6) is 0 Å². The summed E-state index contributed by atoms with van der Waals surface area (Å²) in [7, 11) is 0. The zero-order valence-corrected chi connectivity index (χ0v) is 12.0. The van der Waals surface area contributed by atoms with Crippen LogP contribution in [0.4, 0.5) is 0 Å². The summed E-state index contributed by atoms with van der Waals surface area (Å²) in [5.41, 5.74) is 6.65. The van der Waals surface area contributed by atoms with Crippen LogP contribution in [0.25, 0.3) is 0 Å². The van der Waals surface area contributed by atoms with Gasteiger partial charge in [-0.3, -0.25) is 4.90 Å². The Labute approximate surface area is 112 Å². The summed E-state index contributed by atoms with van der Waals surface area (Å²) in [6.07, 6.45) is 12.8. The van der Waals surface area contributed by atoms with Gasteiger partial charge in [-0.2, -0.15) is 0 Å². The van der Waals surface area contributed by atoms with Crippen LogP contribution < -0.4 is 5.73 Å². The summed E-state index contributed by atoms with van der Waals surface area (Å²) in [6, 6.07) is 0.825. The van der Waals surface area contributed by atoms with E-state index in [-0.39, 0.29) is 0 Å². The Morgan fingerprint density at radius 2 is 1.94 bits per heavy atom. The highest BCUT2D eigenvalue weighted by Crippen LogP contribution is 2.49. The van der Waals surface area contributed by atoms with E-state index in [0.717, 1.165) is 24.4 Å². The second-order valence-corrected chi connectivity index (χ2v) is 7.02. The van der Waals surface area contributed by atoms with Gasteiger partial charge in [-0.05, 0) is 63.3 Å². The molecule has 2 saturated carbocycles. The fraction of sp³-hybridized carbons (Fsp3) is 1.00. The van der Waals surface area contributed by atoms with Gasteiger partial charge in [0.1, 0.15) is 0 Å². The van der Waals surface area contributed by atoms with Gasteiger partial charge in [0, 0.05) is 18.1 Å². The molecular weight excluding hydrogens is 220 g/mol. The second-order valence-electron chi connectivity index (χ2n) is 7.02. The molecule has 3 fully saturated rings. The summed E-state index contributed by atoms with van der Waals surface area (Å²) in [5, 5.41) is 0. The Bertz CT molecular complexity index is 287. The molecule has 2 heteroatoms. The minimum absolute atomic E-state index is 0.378. The monoisotopic (exact) mass is 250 g/mol. The van der Waals surface area contributed by atoms with E-state index in [4.69, 9.17) is 5.73 Å². The van der Waals surface area contributed by atoms with E-state index in [2.05, 4.69) is 11.8 Å². The molecule has 0 spiro atoms. The van der Waals surface area contributed by atoms with Gasteiger partial charge in [-0.1, -0.05) is 19.8 Å². The molecule has 104 valence electrons. The first-order valence-electron chi connectivity index (χ1n) is 8.26. The molecule has 0 aromatic carbocycles. The number of nitrogens with zero attached hydrogens (tertiary/aromatic N) is 1. The van der Waals surface area contributed by atoms with E-state index in [1.807, 2.05) is 0 Å². The molecule has 0 aromatic heterocycles. The molecule has 3 rings (SSSR count). The maximum absolute atomic E-state index is 6.28. The number of hydrogen-bond donors (Lipinski definition) is 1. The van der Waals surface area contributed by atoms with Gasteiger partial charge in [0.25, 0.3) is 0 Å². The van der Waals surface area contributed by atoms with Crippen molar-refractivity contribution in [3.05, 3.63) is 0 Å². The number of likely N-dealkylation sites (tertiary alicyclic amines) is 1. The summed E-state index contributed by atoms with van der Waals surface area (Å²) < 4.78 is 0. The van der Waals surface area contributed by atoms with Gasteiger partial charge in [-0.25, -0.2) is 0 Å². The van der Waals surface area contributed by atoms with Gasteiger partial charge in [-0.15, -0.1) is 0 Å². The van der Waals surface area contributed by atoms with Gasteiger partial charge >= 0.3 is 0 Å². The molecule has 3 atom stereocenters. The van der Waals surface area contributed by atoms with Crippen molar-refractivity contribution >= 4 is 0 Å². The largest absolute Gasteiger partial charge is 0.329 e. The minimum Gasteiger partial charge on any atom is -0.329 e. The molecule has 3 aliphatic rings. The number of rotatable bonds is 4. The molecular formula is C16H30N2. The van der Waals surface area contributed by atoms with Crippen molar-refractivity contribution in [1.82, 2.24) is 4.90 Å². The summed E-state index contributed by atoms with van der Waals surface area (Å²) in [5.74, 6) is 2.07. The predicted molar refractivity (Wildman–Crippen MR) is 76.5 cm³/mol. The normalized spacial score (nSPS) is 42.3. The maximum Gasteiger partial charge on any atom is 0.0337 e. The van der Waals surface area contributed by atoms with Gasteiger partial charge in [0.15, 0.2) is 0 Å². The van der Waals surface area contributed by atoms with E-state index >= 15 is 0 Å². The van der Waals surface area contributed by atoms with Crippen molar-refractivity contribution in [1.29, 1.82) is 0 Å². The zero-order valence-electron chi connectivity index (χ0n) is 12.0. The molecule has 1 saturated heterocycles. The molecule has 1 aliphatic heterocycles. The molecule has 1 heterocycles. The standard InChI is InChI=1S/C16H30N2/c1-2-15-6-4-10-18(15)16(12-17)9-3-5-14(11-16)13-7-8-13/h13-15H,2-12,17H2,1H3. The Morgan fingerprint density at radius 1 is 1.11 bits per heavy atom. The average molecular weight is 250 g/mol. The highest BCUT2D eigenvalue weighted by Gasteiger charge is 2.46. The lowest BCUT2D eigenvalue weighted by atomic mass is 9.72. The highest BCUT2D eigenvalue weighted by molar-refractivity contribution is 5.02. The third-order valence-electron chi connectivity index (χ3n) is 5.99. The lowest BCUT2D eigenvalue weighted by molar-refractivity contribution is 0.0200. The lowest BCUT2D eigenvalue weighted by Gasteiger charge is -2.49. The third-order valence-corrected chi connectivity index (χ3v) is 5.99. The molecule has 2 N–H and O–H groups in total. The second kappa shape index (κ2) is 5.13. The van der Waals surface area contributed by atoms with E-state index in [9.17, 15) is 0 Å². The topological polar surface area (TPSA) is 29.3 Å². The highest BCUT2D eigenvalue weighted by atomic mass is 15.3. The van der Waals surface area contributed by atoms with E-state index in [1.54, 1.807) is 0 Å². The van der Waals surface area contributed by atoms with Crippen LogP contribution in [0.2, 0.25) is 0 Å². The van der Waals surface area contributed by atoms with Gasteiger partial charge in [0.05, 0.1) is 0 Å². The third kappa shape index (κ3) is 2.22. The maximum atomic E-state index is 6.28. The molecule has 18 heavy (non-hydrogen) atoms. The average Bonchev–Trinajstić information content (AvgIpc) is 3.16. The van der Waals surface area contributed by atoms with Crippen LogP contribution in [0.15, 0.2) is 0 Å². The SMILES string of the molecule is CCC1CCCN1C1(CN)CCCC(C2CC2)C1.